The van der Waals surface area contributed by atoms with E-state index < -0.39 is 17.7 Å². The molecule has 1 atom stereocenters. The van der Waals surface area contributed by atoms with E-state index in [4.69, 9.17) is 23.2 Å². The molecule has 0 bridgehead atoms. The lowest BCUT2D eigenvalue weighted by atomic mass is 9.95. The van der Waals surface area contributed by atoms with E-state index in [0.717, 1.165) is 0 Å². The topological polar surface area (TPSA) is 70.5 Å². The largest absolute Gasteiger partial charge is 0.507 e. The van der Waals surface area contributed by atoms with Gasteiger partial charge in [0.15, 0.2) is 0 Å². The Kier molecular flexibility index (Phi) is 5.09. The van der Waals surface area contributed by atoms with Crippen LogP contribution in [0.25, 0.3) is 5.76 Å². The normalized spacial score (nSPS) is 18.3. The molecule has 4 rings (SSSR count). The second kappa shape index (κ2) is 7.70. The summed E-state index contributed by atoms with van der Waals surface area (Å²) in [5, 5.41) is 11.8. The Morgan fingerprint density at radius 3 is 2.34 bits per heavy atom. The van der Waals surface area contributed by atoms with Crippen molar-refractivity contribution in [3.63, 3.8) is 0 Å². The van der Waals surface area contributed by atoms with Crippen LogP contribution in [0.3, 0.4) is 0 Å². The number of ketones is 1. The van der Waals surface area contributed by atoms with Gasteiger partial charge in [-0.25, -0.2) is 0 Å². The van der Waals surface area contributed by atoms with Gasteiger partial charge in [-0.2, -0.15) is 0 Å². The minimum Gasteiger partial charge on any atom is -0.507 e. The van der Waals surface area contributed by atoms with Gasteiger partial charge in [-0.05, 0) is 48.0 Å². The van der Waals surface area contributed by atoms with Crippen LogP contribution in [0.2, 0.25) is 10.0 Å². The third kappa shape index (κ3) is 3.39. The molecule has 1 amide bonds. The number of aliphatic hydroxyl groups excluding tert-OH is 1. The zero-order chi connectivity index (χ0) is 20.5. The van der Waals surface area contributed by atoms with E-state index >= 15 is 0 Å². The van der Waals surface area contributed by atoms with Crippen molar-refractivity contribution in [2.24, 2.45) is 0 Å². The van der Waals surface area contributed by atoms with Crippen molar-refractivity contribution < 1.29 is 14.7 Å². The van der Waals surface area contributed by atoms with Gasteiger partial charge in [0.05, 0.1) is 23.5 Å². The first-order valence-corrected chi connectivity index (χ1v) is 9.46. The first kappa shape index (κ1) is 19.2. The summed E-state index contributed by atoms with van der Waals surface area (Å²) in [7, 11) is 0. The molecule has 0 unspecified atom stereocenters. The minimum atomic E-state index is -0.899. The molecule has 3 aromatic rings. The number of rotatable bonds is 3. The highest BCUT2D eigenvalue weighted by atomic mass is 35.5. The summed E-state index contributed by atoms with van der Waals surface area (Å²) in [5.41, 5.74) is 1.27. The SMILES string of the molecule is O=C1C(=O)N(c2cccnc2)[C@H](c2ccccc2Cl)C1=C(O)c1ccc(Cl)cc1. The van der Waals surface area contributed by atoms with Crippen LogP contribution >= 0.6 is 23.2 Å². The third-order valence-electron chi connectivity index (χ3n) is 4.69. The Labute approximate surface area is 176 Å². The average Bonchev–Trinajstić information content (AvgIpc) is 3.00. The molecule has 2 aromatic carbocycles. The predicted molar refractivity (Wildman–Crippen MR) is 112 cm³/mol. The summed E-state index contributed by atoms with van der Waals surface area (Å²) in [5.74, 6) is -1.86. The molecule has 144 valence electrons. The minimum absolute atomic E-state index is 0.0470. The van der Waals surface area contributed by atoms with Crippen molar-refractivity contribution in [3.05, 3.63) is 99.8 Å². The molecule has 0 aliphatic carbocycles. The molecule has 2 heterocycles. The van der Waals surface area contributed by atoms with Gasteiger partial charge in [-0.1, -0.05) is 41.4 Å². The van der Waals surface area contributed by atoms with E-state index in [1.54, 1.807) is 66.9 Å². The first-order chi connectivity index (χ1) is 14.0. The quantitative estimate of drug-likeness (QED) is 0.364. The van der Waals surface area contributed by atoms with Crippen molar-refractivity contribution in [1.82, 2.24) is 4.98 Å². The number of benzene rings is 2. The lowest BCUT2D eigenvalue weighted by Gasteiger charge is -2.25. The van der Waals surface area contributed by atoms with Crippen LogP contribution < -0.4 is 4.90 Å². The van der Waals surface area contributed by atoms with E-state index in [0.29, 0.717) is 26.9 Å². The van der Waals surface area contributed by atoms with E-state index in [-0.39, 0.29) is 11.3 Å². The van der Waals surface area contributed by atoms with Crippen LogP contribution in [0.4, 0.5) is 5.69 Å². The van der Waals surface area contributed by atoms with Gasteiger partial charge in [-0.15, -0.1) is 0 Å². The maximum atomic E-state index is 13.0. The maximum Gasteiger partial charge on any atom is 0.300 e. The number of Topliss-reactive ketones (excluding diaryl/α,β-unsaturated/α-hetero) is 1. The van der Waals surface area contributed by atoms with Crippen molar-refractivity contribution in [3.8, 4) is 0 Å². The second-order valence-electron chi connectivity index (χ2n) is 6.41. The van der Waals surface area contributed by atoms with Crippen molar-refractivity contribution in [2.75, 3.05) is 4.90 Å². The molecule has 29 heavy (non-hydrogen) atoms. The van der Waals surface area contributed by atoms with E-state index in [1.807, 2.05) is 0 Å². The molecule has 1 aliphatic heterocycles. The molecular weight excluding hydrogens is 411 g/mol. The van der Waals surface area contributed by atoms with Gasteiger partial charge < -0.3 is 5.11 Å². The molecule has 0 radical (unpaired) electrons. The number of hydrogen-bond donors (Lipinski definition) is 1. The Hall–Kier alpha value is -3.15. The third-order valence-corrected chi connectivity index (χ3v) is 5.28. The van der Waals surface area contributed by atoms with Crippen LogP contribution in [0.1, 0.15) is 17.2 Å². The number of carbonyl (C=O) groups is 2. The van der Waals surface area contributed by atoms with Crippen LogP contribution in [0.15, 0.2) is 78.6 Å². The zero-order valence-corrected chi connectivity index (χ0v) is 16.4. The number of anilines is 1. The summed E-state index contributed by atoms with van der Waals surface area (Å²) in [6.45, 7) is 0. The van der Waals surface area contributed by atoms with E-state index in [1.165, 1.54) is 11.1 Å². The van der Waals surface area contributed by atoms with Crippen molar-refractivity contribution in [2.45, 2.75) is 6.04 Å². The van der Waals surface area contributed by atoms with Gasteiger partial charge in [-0.3, -0.25) is 19.5 Å². The fraction of sp³-hybridized carbons (Fsp3) is 0.0455. The number of carbonyl (C=O) groups excluding carboxylic acids is 2. The maximum absolute atomic E-state index is 13.0. The molecule has 0 spiro atoms. The average molecular weight is 425 g/mol. The number of halogens is 2. The lowest BCUT2D eigenvalue weighted by molar-refractivity contribution is -0.132. The number of aliphatic hydroxyl groups is 1. The summed E-state index contributed by atoms with van der Waals surface area (Å²) in [4.78, 5) is 31.3. The Bertz CT molecular complexity index is 1130. The molecule has 5 nitrogen and oxygen atoms in total. The van der Waals surface area contributed by atoms with Gasteiger partial charge in [0.2, 0.25) is 0 Å². The zero-order valence-electron chi connectivity index (χ0n) is 14.9. The molecule has 7 heteroatoms. The molecular formula is C22H14Cl2N2O3. The van der Waals surface area contributed by atoms with Gasteiger partial charge in [0.25, 0.3) is 11.7 Å². The summed E-state index contributed by atoms with van der Waals surface area (Å²) in [6, 6.07) is 15.7. The second-order valence-corrected chi connectivity index (χ2v) is 7.25. The van der Waals surface area contributed by atoms with Crippen LogP contribution in [-0.4, -0.2) is 21.8 Å². The number of hydrogen-bond acceptors (Lipinski definition) is 4. The predicted octanol–water partition coefficient (Wildman–Crippen LogP) is 5.01. The summed E-state index contributed by atoms with van der Waals surface area (Å²) < 4.78 is 0. The van der Waals surface area contributed by atoms with Crippen molar-refractivity contribution in [1.29, 1.82) is 0 Å². The monoisotopic (exact) mass is 424 g/mol. The first-order valence-electron chi connectivity index (χ1n) is 8.70. The van der Waals surface area contributed by atoms with E-state index in [2.05, 4.69) is 4.98 Å². The number of amides is 1. The van der Waals surface area contributed by atoms with Gasteiger partial charge >= 0.3 is 0 Å². The standard InChI is InChI=1S/C22H14Cl2N2O3/c23-14-9-7-13(8-10-14)20(27)18-19(16-5-1-2-6-17(16)24)26(22(29)21(18)28)15-4-3-11-25-12-15/h1-12,19,27H/t19-/m1/s1. The smallest absolute Gasteiger partial charge is 0.300 e. The number of pyridine rings is 1. The molecule has 1 saturated heterocycles. The molecule has 0 saturated carbocycles. The Morgan fingerprint density at radius 1 is 0.966 bits per heavy atom. The molecule has 1 fully saturated rings. The van der Waals surface area contributed by atoms with Gasteiger partial charge in [0.1, 0.15) is 5.76 Å². The Morgan fingerprint density at radius 2 is 1.69 bits per heavy atom. The molecule has 1 aliphatic rings. The van der Waals surface area contributed by atoms with Crippen LogP contribution in [0.5, 0.6) is 0 Å². The van der Waals surface area contributed by atoms with Crippen molar-refractivity contribution >= 4 is 46.3 Å². The molecule has 1 aromatic heterocycles. The summed E-state index contributed by atoms with van der Waals surface area (Å²) in [6.07, 6.45) is 3.05. The number of nitrogens with zero attached hydrogens (tertiary/aromatic N) is 2. The number of aromatic nitrogens is 1. The highest BCUT2D eigenvalue weighted by Crippen LogP contribution is 2.43. The lowest BCUT2D eigenvalue weighted by Crippen LogP contribution is -2.29. The van der Waals surface area contributed by atoms with E-state index in [9.17, 15) is 14.7 Å². The fourth-order valence-electron chi connectivity index (χ4n) is 3.35. The molecule has 1 N–H and O–H groups in total. The van der Waals surface area contributed by atoms with Crippen LogP contribution in [0, 0.1) is 0 Å². The fourth-order valence-corrected chi connectivity index (χ4v) is 3.71. The Balaban J connectivity index is 1.97. The highest BCUT2D eigenvalue weighted by molar-refractivity contribution is 6.52. The summed E-state index contributed by atoms with van der Waals surface area (Å²) >= 11 is 12.3. The van der Waals surface area contributed by atoms with Gasteiger partial charge in [0, 0.05) is 21.8 Å². The highest BCUT2D eigenvalue weighted by Gasteiger charge is 2.47. The van der Waals surface area contributed by atoms with Crippen LogP contribution in [-0.2, 0) is 9.59 Å².